The van der Waals surface area contributed by atoms with E-state index in [1.54, 1.807) is 0 Å². The number of nitrogens with zero attached hydrogens (tertiary/aromatic N) is 1. The molecule has 0 heterocycles. The van der Waals surface area contributed by atoms with Gasteiger partial charge in [-0.25, -0.2) is 0 Å². The molecule has 1 amide bonds. The molecule has 1 aromatic rings. The maximum absolute atomic E-state index is 12.0. The standard InChI is InChI=1S/C15H25N3O/c1-3-5-9-18(4-2)12-15(19)17-14-8-6-7-13(10-14)11-16/h6-8,10H,3-5,9,11-12,16H2,1-2H3,(H,17,19). The summed E-state index contributed by atoms with van der Waals surface area (Å²) in [6.45, 7) is 7.05. The molecule has 3 N–H and O–H groups in total. The molecule has 4 heteroatoms. The average Bonchev–Trinajstić information content (AvgIpc) is 2.43. The van der Waals surface area contributed by atoms with Crippen LogP contribution < -0.4 is 11.1 Å². The number of unbranched alkanes of at least 4 members (excludes halogenated alkanes) is 1. The van der Waals surface area contributed by atoms with Gasteiger partial charge >= 0.3 is 0 Å². The minimum atomic E-state index is 0.0344. The third-order valence-electron chi connectivity index (χ3n) is 3.09. The monoisotopic (exact) mass is 263 g/mol. The minimum Gasteiger partial charge on any atom is -0.326 e. The highest BCUT2D eigenvalue weighted by Crippen LogP contribution is 2.10. The molecule has 0 aliphatic heterocycles. The van der Waals surface area contributed by atoms with Gasteiger partial charge in [-0.15, -0.1) is 0 Å². The SMILES string of the molecule is CCCCN(CC)CC(=O)Nc1cccc(CN)c1. The number of likely N-dealkylation sites (N-methyl/N-ethyl adjacent to an activating group) is 1. The fourth-order valence-corrected chi connectivity index (χ4v) is 1.91. The molecular formula is C15H25N3O. The fraction of sp³-hybridized carbons (Fsp3) is 0.533. The smallest absolute Gasteiger partial charge is 0.238 e. The van der Waals surface area contributed by atoms with Gasteiger partial charge in [-0.1, -0.05) is 32.4 Å². The number of nitrogens with one attached hydrogen (secondary N) is 1. The Morgan fingerprint density at radius 3 is 2.79 bits per heavy atom. The summed E-state index contributed by atoms with van der Waals surface area (Å²) < 4.78 is 0. The molecule has 0 unspecified atom stereocenters. The van der Waals surface area contributed by atoms with Crippen LogP contribution in [-0.2, 0) is 11.3 Å². The van der Waals surface area contributed by atoms with Crippen molar-refractivity contribution >= 4 is 11.6 Å². The number of rotatable bonds is 8. The maximum Gasteiger partial charge on any atom is 0.238 e. The van der Waals surface area contributed by atoms with Crippen molar-refractivity contribution in [3.63, 3.8) is 0 Å². The Morgan fingerprint density at radius 1 is 1.37 bits per heavy atom. The van der Waals surface area contributed by atoms with Crippen LogP contribution in [-0.4, -0.2) is 30.4 Å². The van der Waals surface area contributed by atoms with E-state index in [2.05, 4.69) is 24.1 Å². The Morgan fingerprint density at radius 2 is 2.16 bits per heavy atom. The number of hydrogen-bond donors (Lipinski definition) is 2. The van der Waals surface area contributed by atoms with E-state index in [9.17, 15) is 4.79 Å². The highest BCUT2D eigenvalue weighted by atomic mass is 16.2. The van der Waals surface area contributed by atoms with Gasteiger partial charge in [0.05, 0.1) is 6.54 Å². The zero-order valence-electron chi connectivity index (χ0n) is 12.0. The molecule has 0 aliphatic rings. The van der Waals surface area contributed by atoms with E-state index in [4.69, 9.17) is 5.73 Å². The van der Waals surface area contributed by atoms with E-state index < -0.39 is 0 Å². The minimum absolute atomic E-state index is 0.0344. The van der Waals surface area contributed by atoms with Crippen LogP contribution in [0.2, 0.25) is 0 Å². The highest BCUT2D eigenvalue weighted by Gasteiger charge is 2.08. The van der Waals surface area contributed by atoms with Crippen LogP contribution in [0.1, 0.15) is 32.3 Å². The summed E-state index contributed by atoms with van der Waals surface area (Å²) in [5.74, 6) is 0.0344. The topological polar surface area (TPSA) is 58.4 Å². The Labute approximate surface area is 116 Å². The molecule has 0 atom stereocenters. The van der Waals surface area contributed by atoms with Crippen LogP contribution in [0.5, 0.6) is 0 Å². The van der Waals surface area contributed by atoms with Crippen LogP contribution in [0.15, 0.2) is 24.3 Å². The number of nitrogens with two attached hydrogens (primary N) is 1. The van der Waals surface area contributed by atoms with Gasteiger partial charge in [0.2, 0.25) is 5.91 Å². The highest BCUT2D eigenvalue weighted by molar-refractivity contribution is 5.92. The fourth-order valence-electron chi connectivity index (χ4n) is 1.91. The summed E-state index contributed by atoms with van der Waals surface area (Å²) in [6.07, 6.45) is 2.28. The predicted octanol–water partition coefficient (Wildman–Crippen LogP) is 2.21. The van der Waals surface area contributed by atoms with Crippen molar-refractivity contribution in [1.29, 1.82) is 0 Å². The molecule has 19 heavy (non-hydrogen) atoms. The van der Waals surface area contributed by atoms with Crippen molar-refractivity contribution in [2.24, 2.45) is 5.73 Å². The lowest BCUT2D eigenvalue weighted by molar-refractivity contribution is -0.117. The van der Waals surface area contributed by atoms with Gasteiger partial charge in [0.25, 0.3) is 0 Å². The summed E-state index contributed by atoms with van der Waals surface area (Å²) in [6, 6.07) is 7.67. The Hall–Kier alpha value is -1.39. The quantitative estimate of drug-likeness (QED) is 0.756. The van der Waals surface area contributed by atoms with E-state index >= 15 is 0 Å². The number of anilines is 1. The molecule has 1 rings (SSSR count). The normalized spacial score (nSPS) is 10.7. The summed E-state index contributed by atoms with van der Waals surface area (Å²) in [5.41, 5.74) is 7.43. The first-order valence-corrected chi connectivity index (χ1v) is 7.00. The van der Waals surface area contributed by atoms with Crippen molar-refractivity contribution in [2.75, 3.05) is 25.0 Å². The van der Waals surface area contributed by atoms with Crippen LogP contribution >= 0.6 is 0 Å². The van der Waals surface area contributed by atoms with Crippen LogP contribution in [0.3, 0.4) is 0 Å². The molecule has 0 radical (unpaired) electrons. The summed E-state index contributed by atoms with van der Waals surface area (Å²) in [5, 5.41) is 2.92. The Bertz CT molecular complexity index is 393. The van der Waals surface area contributed by atoms with E-state index in [-0.39, 0.29) is 5.91 Å². The summed E-state index contributed by atoms with van der Waals surface area (Å²) in [7, 11) is 0. The largest absolute Gasteiger partial charge is 0.326 e. The molecule has 0 aliphatic carbocycles. The van der Waals surface area contributed by atoms with Crippen LogP contribution in [0.4, 0.5) is 5.69 Å². The second kappa shape index (κ2) is 8.67. The summed E-state index contributed by atoms with van der Waals surface area (Å²) >= 11 is 0. The lowest BCUT2D eigenvalue weighted by Crippen LogP contribution is -2.33. The lowest BCUT2D eigenvalue weighted by Gasteiger charge is -2.19. The first-order valence-electron chi connectivity index (χ1n) is 7.00. The number of carbonyl (C=O) groups is 1. The second-order valence-electron chi connectivity index (χ2n) is 4.68. The first-order chi connectivity index (χ1) is 9.19. The molecule has 1 aromatic carbocycles. The van der Waals surface area contributed by atoms with Crippen LogP contribution in [0.25, 0.3) is 0 Å². The van der Waals surface area contributed by atoms with Crippen molar-refractivity contribution < 1.29 is 4.79 Å². The lowest BCUT2D eigenvalue weighted by atomic mass is 10.2. The predicted molar refractivity (Wildman–Crippen MR) is 80.0 cm³/mol. The van der Waals surface area contributed by atoms with E-state index in [0.717, 1.165) is 37.2 Å². The molecule has 0 fully saturated rings. The van der Waals surface area contributed by atoms with E-state index in [0.29, 0.717) is 13.1 Å². The van der Waals surface area contributed by atoms with Gasteiger partial charge < -0.3 is 11.1 Å². The zero-order valence-corrected chi connectivity index (χ0v) is 12.0. The van der Waals surface area contributed by atoms with Crippen molar-refractivity contribution in [2.45, 2.75) is 33.2 Å². The maximum atomic E-state index is 12.0. The number of carbonyl (C=O) groups excluding carboxylic acids is 1. The molecular weight excluding hydrogens is 238 g/mol. The molecule has 0 saturated carbocycles. The van der Waals surface area contributed by atoms with Crippen molar-refractivity contribution in [1.82, 2.24) is 4.90 Å². The third kappa shape index (κ3) is 5.85. The number of amides is 1. The molecule has 0 saturated heterocycles. The Balaban J connectivity index is 2.49. The molecule has 106 valence electrons. The first kappa shape index (κ1) is 15.7. The molecule has 4 nitrogen and oxygen atoms in total. The average molecular weight is 263 g/mol. The van der Waals surface area contributed by atoms with Gasteiger partial charge in [-0.2, -0.15) is 0 Å². The van der Waals surface area contributed by atoms with Gasteiger partial charge in [0, 0.05) is 12.2 Å². The van der Waals surface area contributed by atoms with Gasteiger partial charge in [-0.3, -0.25) is 9.69 Å². The Kier molecular flexibility index (Phi) is 7.15. The van der Waals surface area contributed by atoms with E-state index in [1.165, 1.54) is 0 Å². The third-order valence-corrected chi connectivity index (χ3v) is 3.09. The van der Waals surface area contributed by atoms with Crippen molar-refractivity contribution in [3.05, 3.63) is 29.8 Å². The molecule has 0 spiro atoms. The van der Waals surface area contributed by atoms with Gasteiger partial charge in [0.1, 0.15) is 0 Å². The van der Waals surface area contributed by atoms with E-state index in [1.807, 2.05) is 24.3 Å². The zero-order chi connectivity index (χ0) is 14.1. The van der Waals surface area contributed by atoms with Gasteiger partial charge in [-0.05, 0) is 37.2 Å². The molecule has 0 bridgehead atoms. The number of benzene rings is 1. The summed E-state index contributed by atoms with van der Waals surface area (Å²) in [4.78, 5) is 14.1. The second-order valence-corrected chi connectivity index (χ2v) is 4.68. The number of hydrogen-bond acceptors (Lipinski definition) is 3. The van der Waals surface area contributed by atoms with Crippen molar-refractivity contribution in [3.8, 4) is 0 Å². The molecule has 0 aromatic heterocycles. The van der Waals surface area contributed by atoms with Gasteiger partial charge in [0.15, 0.2) is 0 Å². The van der Waals surface area contributed by atoms with Crippen LogP contribution in [0, 0.1) is 0 Å².